The van der Waals surface area contributed by atoms with Gasteiger partial charge in [-0.1, -0.05) is 49.4 Å². The Kier molecular flexibility index (Phi) is 12.2. The number of nitrogens with zero attached hydrogens (tertiary/aromatic N) is 1. The van der Waals surface area contributed by atoms with E-state index in [0.717, 1.165) is 37.7 Å². The Bertz CT molecular complexity index is 1550. The third-order valence-electron chi connectivity index (χ3n) is 13.4. The number of rotatable bonds is 3. The van der Waals surface area contributed by atoms with Crippen LogP contribution in [0.25, 0.3) is 0 Å². The highest BCUT2D eigenvalue weighted by Gasteiger charge is 2.60. The molecule has 5 N–H and O–H groups in total. The number of allylic oxidation sites excluding steroid dienone is 2. The lowest BCUT2D eigenvalue weighted by molar-refractivity contribution is -0.342. The second kappa shape index (κ2) is 16.4. The van der Waals surface area contributed by atoms with Crippen molar-refractivity contribution in [2.45, 2.75) is 171 Å². The summed E-state index contributed by atoms with van der Waals surface area (Å²) in [6.07, 6.45) is 9.10. The Balaban J connectivity index is 1.24. The molecule has 0 radical (unpaired) electrons. The summed E-state index contributed by atoms with van der Waals surface area (Å²) in [5, 5.41) is 57.0. The summed E-state index contributed by atoms with van der Waals surface area (Å²) in [4.78, 5) is 14.4. The first-order valence-corrected chi connectivity index (χ1v) is 20.4. The highest BCUT2D eigenvalue weighted by atomic mass is 16.7. The molecular formula is C42H61NO12. The largest absolute Gasteiger partial charge is 0.462 e. The molecule has 306 valence electrons. The topological polar surface area (TPSA) is 186 Å². The standard InChI is InChI=1S/C42H61NO12/c1-22-7-6-8-28-21-50-39-35(43-49)25(4)17-32(42(28,39)48)40(47)52-31-18-30(14-9-23(2)37(22)53-34-19-33(45)36(46)26(5)51-34)54-41(20-31)16-15-24(3)38(55-41)27-10-12-29(44)13-11-27/h6-9,17,22,24,26-27,29-34,36-39,44-46,48-49H,10-16,18-21H2,1-5H3/b7-6+,23-9+,28-8+,43-35-/t22-,24-,26-,27?,29?,30+,31-,32-,33-,34-,36-,37-,38-,39+,41+,42+/m0/s1. The number of hydrogen-bond acceptors (Lipinski definition) is 13. The molecule has 1 spiro atoms. The normalized spacial score (nSPS) is 50.2. The maximum atomic E-state index is 14.4. The van der Waals surface area contributed by atoms with E-state index in [2.05, 4.69) is 18.2 Å². The van der Waals surface area contributed by atoms with E-state index in [1.807, 2.05) is 19.9 Å². The lowest BCUT2D eigenvalue weighted by Gasteiger charge is -2.51. The van der Waals surface area contributed by atoms with Crippen LogP contribution in [0.15, 0.2) is 52.3 Å². The summed E-state index contributed by atoms with van der Waals surface area (Å²) in [5.74, 6) is -2.34. The van der Waals surface area contributed by atoms with Crippen LogP contribution in [0.1, 0.15) is 98.8 Å². The number of aliphatic hydroxyl groups excluding tert-OH is 3. The van der Waals surface area contributed by atoms with Crippen molar-refractivity contribution >= 4 is 11.7 Å². The van der Waals surface area contributed by atoms with Crippen LogP contribution in [0.4, 0.5) is 0 Å². The fourth-order valence-electron chi connectivity index (χ4n) is 10.1. The molecule has 7 rings (SSSR count). The number of oxime groups is 1. The lowest BCUT2D eigenvalue weighted by atomic mass is 9.71. The van der Waals surface area contributed by atoms with Crippen molar-refractivity contribution < 1.29 is 58.8 Å². The van der Waals surface area contributed by atoms with Crippen LogP contribution in [0.2, 0.25) is 0 Å². The van der Waals surface area contributed by atoms with Gasteiger partial charge >= 0.3 is 5.97 Å². The smallest absolute Gasteiger partial charge is 0.316 e. The second-order valence-corrected chi connectivity index (χ2v) is 17.4. The highest BCUT2D eigenvalue weighted by molar-refractivity contribution is 6.06. The summed E-state index contributed by atoms with van der Waals surface area (Å²) in [7, 11) is 0. The molecule has 5 fully saturated rings. The zero-order valence-electron chi connectivity index (χ0n) is 32.8. The van der Waals surface area contributed by atoms with E-state index in [4.69, 9.17) is 28.4 Å². The van der Waals surface area contributed by atoms with Crippen molar-refractivity contribution in [3.8, 4) is 0 Å². The predicted octanol–water partition coefficient (Wildman–Crippen LogP) is 4.39. The van der Waals surface area contributed by atoms with Crippen LogP contribution in [-0.2, 0) is 33.2 Å². The summed E-state index contributed by atoms with van der Waals surface area (Å²) < 4.78 is 39.0. The van der Waals surface area contributed by atoms with Crippen molar-refractivity contribution in [1.29, 1.82) is 0 Å². The number of carbonyl (C=O) groups excluding carboxylic acids is 1. The van der Waals surface area contributed by atoms with Gasteiger partial charge in [-0.25, -0.2) is 0 Å². The molecule has 13 heteroatoms. The first-order valence-electron chi connectivity index (χ1n) is 20.4. The van der Waals surface area contributed by atoms with Gasteiger partial charge in [-0.2, -0.15) is 0 Å². The van der Waals surface area contributed by atoms with Crippen LogP contribution < -0.4 is 0 Å². The van der Waals surface area contributed by atoms with Crippen LogP contribution in [0.3, 0.4) is 0 Å². The van der Waals surface area contributed by atoms with E-state index in [-0.39, 0.29) is 43.0 Å². The molecule has 5 aliphatic heterocycles. The van der Waals surface area contributed by atoms with Crippen molar-refractivity contribution in [1.82, 2.24) is 0 Å². The molecule has 4 saturated heterocycles. The molecule has 0 unspecified atom stereocenters. The molecule has 0 aromatic rings. The molecule has 2 bridgehead atoms. The minimum atomic E-state index is -1.87. The number of ether oxygens (including phenoxy) is 6. The minimum absolute atomic E-state index is 0.00471. The summed E-state index contributed by atoms with van der Waals surface area (Å²) in [5.41, 5.74) is 0.163. The third kappa shape index (κ3) is 8.16. The van der Waals surface area contributed by atoms with E-state index in [1.165, 1.54) is 0 Å². The van der Waals surface area contributed by atoms with Gasteiger partial charge in [-0.05, 0) is 87.9 Å². The first kappa shape index (κ1) is 40.7. The fraction of sp³-hybridized carbons (Fsp3) is 0.762. The molecule has 1 saturated carbocycles. The number of esters is 1. The molecule has 55 heavy (non-hydrogen) atoms. The Morgan fingerprint density at radius 2 is 1.75 bits per heavy atom. The van der Waals surface area contributed by atoms with Gasteiger partial charge in [0, 0.05) is 31.6 Å². The Morgan fingerprint density at radius 3 is 2.47 bits per heavy atom. The Hall–Kier alpha value is -2.46. The molecule has 7 aliphatic rings. The minimum Gasteiger partial charge on any atom is -0.462 e. The van der Waals surface area contributed by atoms with Gasteiger partial charge in [-0.3, -0.25) is 4.79 Å². The number of carbonyl (C=O) groups is 1. The molecule has 5 heterocycles. The van der Waals surface area contributed by atoms with Crippen molar-refractivity contribution in [2.75, 3.05) is 6.61 Å². The van der Waals surface area contributed by atoms with Crippen LogP contribution in [0.5, 0.6) is 0 Å². The zero-order valence-corrected chi connectivity index (χ0v) is 32.8. The number of fused-ring (bicyclic) bond motifs is 2. The van der Waals surface area contributed by atoms with Gasteiger partial charge in [0.1, 0.15) is 35.5 Å². The van der Waals surface area contributed by atoms with E-state index < -0.39 is 66.2 Å². The number of hydrogen-bond donors (Lipinski definition) is 5. The molecule has 13 nitrogen and oxygen atoms in total. The second-order valence-electron chi connectivity index (χ2n) is 17.4. The summed E-state index contributed by atoms with van der Waals surface area (Å²) in [6, 6.07) is 0. The van der Waals surface area contributed by atoms with E-state index in [0.29, 0.717) is 48.7 Å². The van der Waals surface area contributed by atoms with Gasteiger partial charge in [0.2, 0.25) is 0 Å². The average Bonchev–Trinajstić information content (AvgIpc) is 3.48. The predicted molar refractivity (Wildman–Crippen MR) is 200 cm³/mol. The van der Waals surface area contributed by atoms with E-state index >= 15 is 0 Å². The summed E-state index contributed by atoms with van der Waals surface area (Å²) in [6.45, 7) is 9.65. The molecule has 14 atom stereocenters. The Labute approximate surface area is 324 Å². The van der Waals surface area contributed by atoms with Gasteiger partial charge in [0.15, 0.2) is 12.1 Å². The molecule has 2 aliphatic carbocycles. The molecular weight excluding hydrogens is 710 g/mol. The van der Waals surface area contributed by atoms with Crippen molar-refractivity contribution in [3.63, 3.8) is 0 Å². The Morgan fingerprint density at radius 1 is 0.982 bits per heavy atom. The van der Waals surface area contributed by atoms with Crippen LogP contribution in [-0.4, -0.2) is 117 Å². The molecule has 0 aromatic heterocycles. The van der Waals surface area contributed by atoms with Gasteiger partial charge in [0.05, 0.1) is 43.2 Å². The monoisotopic (exact) mass is 771 g/mol. The SMILES string of the molecule is CC1=C[C@H]2C(=O)O[C@H]3C[C@@H](C/C=C(\C)[C@@H](O[C@H]4C[C@H](O)[C@@H](O)[C@H](C)O4)[C@@H](C)/C=C/C=C4\CO[C@H](/C1=N\O)[C@@]42O)O[C@@]1(CC[C@H](C)[C@@H](C2CCC(O)CC2)O1)C3. The quantitative estimate of drug-likeness (QED) is 0.118. The van der Waals surface area contributed by atoms with Crippen LogP contribution in [0, 0.1) is 23.7 Å². The fourth-order valence-corrected chi connectivity index (χ4v) is 10.1. The number of aliphatic hydroxyl groups is 4. The van der Waals surface area contributed by atoms with Crippen molar-refractivity contribution in [3.05, 3.63) is 47.1 Å². The van der Waals surface area contributed by atoms with Gasteiger partial charge in [-0.15, -0.1) is 0 Å². The van der Waals surface area contributed by atoms with Crippen molar-refractivity contribution in [2.24, 2.45) is 28.8 Å². The lowest BCUT2D eigenvalue weighted by Crippen LogP contribution is -2.58. The highest BCUT2D eigenvalue weighted by Crippen LogP contribution is 2.48. The first-order chi connectivity index (χ1) is 26.2. The van der Waals surface area contributed by atoms with Crippen LogP contribution >= 0.6 is 0 Å². The summed E-state index contributed by atoms with van der Waals surface area (Å²) >= 11 is 0. The van der Waals surface area contributed by atoms with Gasteiger partial charge < -0.3 is 54.1 Å². The average molecular weight is 772 g/mol. The third-order valence-corrected chi connectivity index (χ3v) is 13.4. The molecule has 0 aromatic carbocycles. The van der Waals surface area contributed by atoms with E-state index in [1.54, 1.807) is 32.1 Å². The maximum Gasteiger partial charge on any atom is 0.316 e. The maximum absolute atomic E-state index is 14.4. The van der Waals surface area contributed by atoms with Gasteiger partial charge in [0.25, 0.3) is 0 Å². The zero-order chi connectivity index (χ0) is 39.2. The van der Waals surface area contributed by atoms with E-state index in [9.17, 15) is 30.4 Å². The molecule has 0 amide bonds.